The Morgan fingerprint density at radius 1 is 1.21 bits per heavy atom. The number of hydrogen-bond acceptors (Lipinski definition) is 4. The number of carbonyl (C=O) groups excluding carboxylic acids is 1. The number of rotatable bonds is 3. The van der Waals surface area contributed by atoms with Crippen LogP contribution < -0.4 is 0 Å². The number of hydrogen-bond donors (Lipinski definition) is 2. The zero-order chi connectivity index (χ0) is 10.6. The van der Waals surface area contributed by atoms with E-state index in [4.69, 9.17) is 10.2 Å². The molecule has 1 aromatic heterocycles. The van der Waals surface area contributed by atoms with Crippen molar-refractivity contribution >= 4 is 11.8 Å². The van der Waals surface area contributed by atoms with Gasteiger partial charge in [-0.15, -0.1) is 0 Å². The van der Waals surface area contributed by atoms with Gasteiger partial charge in [0, 0.05) is 24.0 Å². The number of nitrogens with zero attached hydrogens (tertiary/aromatic N) is 1. The second kappa shape index (κ2) is 4.18. The second-order valence-electron chi connectivity index (χ2n) is 2.43. The van der Waals surface area contributed by atoms with Crippen LogP contribution in [0.1, 0.15) is 10.4 Å². The minimum Gasteiger partial charge on any atom is -0.502 e. The van der Waals surface area contributed by atoms with Crippen LogP contribution in [0.5, 0.6) is 0 Å². The molecular weight excluding hydrogens is 186 g/mol. The molecule has 0 aliphatic carbocycles. The highest BCUT2D eigenvalue weighted by Crippen LogP contribution is 2.01. The quantitative estimate of drug-likeness (QED) is 0.421. The highest BCUT2D eigenvalue weighted by atomic mass is 16.4. The van der Waals surface area contributed by atoms with Gasteiger partial charge in [0.25, 0.3) is 0 Å². The number of carbonyl (C=O) groups is 2. The van der Waals surface area contributed by atoms with E-state index in [-0.39, 0.29) is 5.56 Å². The first-order valence-electron chi connectivity index (χ1n) is 3.69. The number of aliphatic hydroxyl groups is 1. The molecule has 5 heteroatoms. The molecule has 0 bridgehead atoms. The highest BCUT2D eigenvalue weighted by molar-refractivity contribution is 6.07. The summed E-state index contributed by atoms with van der Waals surface area (Å²) in [5.41, 5.74) is 0.271. The van der Waals surface area contributed by atoms with E-state index >= 15 is 0 Å². The first kappa shape index (κ1) is 9.91. The molecule has 1 aromatic rings. The van der Waals surface area contributed by atoms with Gasteiger partial charge in [-0.05, 0) is 12.1 Å². The molecule has 5 nitrogen and oxygen atoms in total. The summed E-state index contributed by atoms with van der Waals surface area (Å²) >= 11 is 0. The molecule has 0 aliphatic heterocycles. The SMILES string of the molecule is O=C(O)C(O)=CC(=O)c1ccncc1. The van der Waals surface area contributed by atoms with E-state index in [2.05, 4.69) is 4.98 Å². The summed E-state index contributed by atoms with van der Waals surface area (Å²) in [6, 6.07) is 2.85. The molecule has 0 spiro atoms. The maximum atomic E-state index is 11.2. The molecule has 0 unspecified atom stereocenters. The predicted octanol–water partition coefficient (Wildman–Crippen LogP) is 0.791. The lowest BCUT2D eigenvalue weighted by Gasteiger charge is -1.94. The zero-order valence-corrected chi connectivity index (χ0v) is 7.04. The first-order chi connectivity index (χ1) is 6.61. The molecule has 1 rings (SSSR count). The lowest BCUT2D eigenvalue weighted by molar-refractivity contribution is -0.135. The fourth-order valence-electron chi connectivity index (χ4n) is 0.785. The van der Waals surface area contributed by atoms with Gasteiger partial charge in [0.15, 0.2) is 5.78 Å². The van der Waals surface area contributed by atoms with Crippen LogP contribution in [0.25, 0.3) is 0 Å². The van der Waals surface area contributed by atoms with Crippen LogP contribution in [0.2, 0.25) is 0 Å². The number of allylic oxidation sites excluding steroid dienone is 1. The third-order valence-electron chi connectivity index (χ3n) is 1.45. The molecule has 1 heterocycles. The van der Waals surface area contributed by atoms with Crippen LogP contribution in [-0.4, -0.2) is 26.9 Å². The molecule has 0 saturated heterocycles. The third kappa shape index (κ3) is 2.41. The molecular formula is C9H7NO4. The fourth-order valence-corrected chi connectivity index (χ4v) is 0.785. The molecule has 0 aliphatic rings. The Hall–Kier alpha value is -2.17. The first-order valence-corrected chi connectivity index (χ1v) is 3.69. The Morgan fingerprint density at radius 2 is 1.79 bits per heavy atom. The lowest BCUT2D eigenvalue weighted by atomic mass is 10.1. The van der Waals surface area contributed by atoms with Crippen molar-refractivity contribution in [1.29, 1.82) is 0 Å². The topological polar surface area (TPSA) is 87.5 Å². The molecule has 0 atom stereocenters. The summed E-state index contributed by atoms with van der Waals surface area (Å²) < 4.78 is 0. The van der Waals surface area contributed by atoms with Gasteiger partial charge in [-0.1, -0.05) is 0 Å². The maximum absolute atomic E-state index is 11.2. The summed E-state index contributed by atoms with van der Waals surface area (Å²) in [5, 5.41) is 17.1. The molecule has 14 heavy (non-hydrogen) atoms. The minimum absolute atomic E-state index is 0.271. The summed E-state index contributed by atoms with van der Waals surface area (Å²) in [6.45, 7) is 0. The van der Waals surface area contributed by atoms with Crippen LogP contribution >= 0.6 is 0 Å². The van der Waals surface area contributed by atoms with Crippen LogP contribution in [0.15, 0.2) is 36.4 Å². The number of carboxylic acids is 1. The molecule has 0 saturated carbocycles. The highest BCUT2D eigenvalue weighted by Gasteiger charge is 2.08. The number of ketones is 1. The van der Waals surface area contributed by atoms with E-state index in [9.17, 15) is 9.59 Å². The van der Waals surface area contributed by atoms with Crippen LogP contribution in [-0.2, 0) is 4.79 Å². The average Bonchev–Trinajstić information content (AvgIpc) is 2.19. The number of aliphatic carboxylic acids is 1. The molecule has 2 N–H and O–H groups in total. The average molecular weight is 193 g/mol. The van der Waals surface area contributed by atoms with Crippen LogP contribution in [0.3, 0.4) is 0 Å². The summed E-state index contributed by atoms with van der Waals surface area (Å²) in [7, 11) is 0. The summed E-state index contributed by atoms with van der Waals surface area (Å²) in [5.74, 6) is -3.09. The standard InChI is InChI=1S/C9H7NO4/c11-7(5-8(12)9(13)14)6-1-3-10-4-2-6/h1-5,12H,(H,13,14). The van der Waals surface area contributed by atoms with E-state index in [1.807, 2.05) is 0 Å². The zero-order valence-electron chi connectivity index (χ0n) is 7.04. The maximum Gasteiger partial charge on any atom is 0.371 e. The number of carboxylic acid groups (broad SMARTS) is 1. The predicted molar refractivity (Wildman–Crippen MR) is 46.9 cm³/mol. The number of pyridine rings is 1. The third-order valence-corrected chi connectivity index (χ3v) is 1.45. The monoisotopic (exact) mass is 193 g/mol. The summed E-state index contributed by atoms with van der Waals surface area (Å²) in [6.07, 6.45) is 3.45. The number of aromatic nitrogens is 1. The Kier molecular flexibility index (Phi) is 2.96. The van der Waals surface area contributed by atoms with Gasteiger partial charge in [-0.3, -0.25) is 9.78 Å². The Bertz CT molecular complexity index is 383. The van der Waals surface area contributed by atoms with Gasteiger partial charge in [-0.2, -0.15) is 0 Å². The van der Waals surface area contributed by atoms with E-state index in [1.54, 1.807) is 0 Å². The fraction of sp³-hybridized carbons (Fsp3) is 0. The lowest BCUT2D eigenvalue weighted by Crippen LogP contribution is -2.03. The van der Waals surface area contributed by atoms with Crippen molar-refractivity contribution in [3.8, 4) is 0 Å². The van der Waals surface area contributed by atoms with Crippen molar-refractivity contribution in [2.45, 2.75) is 0 Å². The van der Waals surface area contributed by atoms with Gasteiger partial charge in [0.1, 0.15) is 0 Å². The molecule has 0 amide bonds. The summed E-state index contributed by atoms with van der Waals surface area (Å²) in [4.78, 5) is 25.1. The van der Waals surface area contributed by atoms with Crippen molar-refractivity contribution in [3.63, 3.8) is 0 Å². The van der Waals surface area contributed by atoms with Crippen LogP contribution in [0, 0.1) is 0 Å². The smallest absolute Gasteiger partial charge is 0.371 e. The number of aliphatic hydroxyl groups excluding tert-OH is 1. The van der Waals surface area contributed by atoms with Gasteiger partial charge in [0.2, 0.25) is 5.76 Å². The van der Waals surface area contributed by atoms with Crippen molar-refractivity contribution in [1.82, 2.24) is 4.98 Å². The minimum atomic E-state index is -1.53. The Labute approximate surface area is 79.3 Å². The van der Waals surface area contributed by atoms with Crippen LogP contribution in [0.4, 0.5) is 0 Å². The Balaban J connectivity index is 2.88. The molecule has 72 valence electrons. The van der Waals surface area contributed by atoms with Gasteiger partial charge >= 0.3 is 5.97 Å². The van der Waals surface area contributed by atoms with E-state index in [1.165, 1.54) is 24.5 Å². The van der Waals surface area contributed by atoms with E-state index in [0.717, 1.165) is 0 Å². The van der Waals surface area contributed by atoms with Gasteiger partial charge in [0.05, 0.1) is 0 Å². The normalized spacial score (nSPS) is 11.0. The van der Waals surface area contributed by atoms with E-state index < -0.39 is 17.5 Å². The second-order valence-corrected chi connectivity index (χ2v) is 2.43. The van der Waals surface area contributed by atoms with Crippen molar-refractivity contribution in [3.05, 3.63) is 41.9 Å². The Morgan fingerprint density at radius 3 is 2.29 bits per heavy atom. The van der Waals surface area contributed by atoms with Crippen molar-refractivity contribution in [2.24, 2.45) is 0 Å². The largest absolute Gasteiger partial charge is 0.502 e. The van der Waals surface area contributed by atoms with Gasteiger partial charge in [-0.25, -0.2) is 4.79 Å². The van der Waals surface area contributed by atoms with Crippen molar-refractivity contribution < 1.29 is 19.8 Å². The molecule has 0 radical (unpaired) electrons. The van der Waals surface area contributed by atoms with Crippen molar-refractivity contribution in [2.75, 3.05) is 0 Å². The van der Waals surface area contributed by atoms with E-state index in [0.29, 0.717) is 6.08 Å². The molecule has 0 fully saturated rings. The van der Waals surface area contributed by atoms with Gasteiger partial charge < -0.3 is 10.2 Å². The molecule has 0 aromatic carbocycles.